The van der Waals surface area contributed by atoms with Gasteiger partial charge in [-0.1, -0.05) is 12.1 Å². The number of aryl methyl sites for hydroxylation is 1. The molecule has 0 saturated heterocycles. The number of aliphatic imine (C=N–C) groups is 1. The zero-order valence-corrected chi connectivity index (χ0v) is 19.7. The van der Waals surface area contributed by atoms with Crippen LogP contribution in [0.1, 0.15) is 11.3 Å². The van der Waals surface area contributed by atoms with Gasteiger partial charge >= 0.3 is 6.09 Å². The number of rotatable bonds is 5. The summed E-state index contributed by atoms with van der Waals surface area (Å²) in [5, 5.41) is 5.97. The number of carbonyl (C=O) groups is 1. The molecule has 0 saturated carbocycles. The maximum atomic E-state index is 11.2. The quantitative estimate of drug-likeness (QED) is 0.338. The van der Waals surface area contributed by atoms with Crippen molar-refractivity contribution >= 4 is 57.6 Å². The third-order valence-electron chi connectivity index (χ3n) is 3.88. The van der Waals surface area contributed by atoms with Crippen molar-refractivity contribution < 1.29 is 9.53 Å². The molecule has 0 fully saturated rings. The summed E-state index contributed by atoms with van der Waals surface area (Å²) in [6.45, 7) is 1.37. The van der Waals surface area contributed by atoms with E-state index >= 15 is 0 Å². The summed E-state index contributed by atoms with van der Waals surface area (Å²) in [6, 6.07) is 9.65. The van der Waals surface area contributed by atoms with Crippen molar-refractivity contribution in [2.75, 3.05) is 26.5 Å². The minimum atomic E-state index is -0.481. The topological polar surface area (TPSA) is 70.9 Å². The van der Waals surface area contributed by atoms with E-state index in [4.69, 9.17) is 0 Å². The van der Waals surface area contributed by atoms with Gasteiger partial charge in [0.1, 0.15) is 0 Å². The molecule has 0 spiro atoms. The first kappa shape index (κ1) is 23.3. The summed E-state index contributed by atoms with van der Waals surface area (Å²) < 4.78 is 7.72. The molecule has 1 aromatic carbocycles. The number of amides is 1. The van der Waals surface area contributed by atoms with Crippen molar-refractivity contribution in [2.45, 2.75) is 13.1 Å². The molecule has 2 rings (SSSR count). The molecule has 0 aliphatic heterocycles. The highest BCUT2D eigenvalue weighted by Gasteiger charge is 2.09. The number of benzene rings is 1. The molecule has 0 bridgehead atoms. The first-order valence-electron chi connectivity index (χ1n) is 8.09. The Bertz CT molecular complexity index is 777. The SMILES string of the molecule is CN=C(NCc1ccc(NC(=O)OC)cc1)N(C)Cc1cc(Br)cn1C.I. The normalized spacial score (nSPS) is 10.8. The Balaban J connectivity index is 0.00000364. The minimum absolute atomic E-state index is 0. The molecular formula is C18H25BrIN5O2. The lowest BCUT2D eigenvalue weighted by molar-refractivity contribution is 0.187. The predicted octanol–water partition coefficient (Wildman–Crippen LogP) is 3.79. The third-order valence-corrected chi connectivity index (χ3v) is 4.32. The van der Waals surface area contributed by atoms with E-state index in [0.717, 1.165) is 22.5 Å². The maximum Gasteiger partial charge on any atom is 0.411 e. The van der Waals surface area contributed by atoms with Crippen molar-refractivity contribution in [1.82, 2.24) is 14.8 Å². The first-order valence-corrected chi connectivity index (χ1v) is 8.88. The van der Waals surface area contributed by atoms with E-state index in [1.165, 1.54) is 12.8 Å². The fourth-order valence-corrected chi connectivity index (χ4v) is 3.05. The van der Waals surface area contributed by atoms with Gasteiger partial charge in [0.05, 0.1) is 13.7 Å². The molecule has 0 unspecified atom stereocenters. The molecule has 1 amide bonds. The number of aromatic nitrogens is 1. The van der Waals surface area contributed by atoms with E-state index in [-0.39, 0.29) is 24.0 Å². The van der Waals surface area contributed by atoms with Gasteiger partial charge in [0.25, 0.3) is 0 Å². The van der Waals surface area contributed by atoms with E-state index in [0.29, 0.717) is 12.2 Å². The number of anilines is 1. The lowest BCUT2D eigenvalue weighted by atomic mass is 10.2. The molecule has 27 heavy (non-hydrogen) atoms. The number of methoxy groups -OCH3 is 1. The minimum Gasteiger partial charge on any atom is -0.453 e. The highest BCUT2D eigenvalue weighted by atomic mass is 127. The molecule has 1 aromatic heterocycles. The molecule has 0 aliphatic carbocycles. The van der Waals surface area contributed by atoms with Crippen LogP contribution in [0, 0.1) is 0 Å². The van der Waals surface area contributed by atoms with Crippen molar-refractivity contribution in [3.63, 3.8) is 0 Å². The summed E-state index contributed by atoms with van der Waals surface area (Å²) in [6.07, 6.45) is 1.55. The van der Waals surface area contributed by atoms with Gasteiger partial charge in [-0.15, -0.1) is 24.0 Å². The lowest BCUT2D eigenvalue weighted by Crippen LogP contribution is -2.38. The largest absolute Gasteiger partial charge is 0.453 e. The van der Waals surface area contributed by atoms with Gasteiger partial charge in [0, 0.05) is 49.7 Å². The molecule has 7 nitrogen and oxygen atoms in total. The van der Waals surface area contributed by atoms with Crippen LogP contribution in [-0.2, 0) is 24.9 Å². The molecule has 0 atom stereocenters. The average Bonchev–Trinajstić information content (AvgIpc) is 2.93. The van der Waals surface area contributed by atoms with E-state index in [1.807, 2.05) is 44.6 Å². The smallest absolute Gasteiger partial charge is 0.411 e. The summed E-state index contributed by atoms with van der Waals surface area (Å²) in [7, 11) is 7.13. The standard InChI is InChI=1S/C18H24BrN5O2.HI/c1-20-17(24(3)12-16-9-14(19)11-23(16)2)21-10-13-5-7-15(8-6-13)22-18(25)26-4;/h5-9,11H,10,12H2,1-4H3,(H,20,21)(H,22,25);1H. The molecule has 2 N–H and O–H groups in total. The van der Waals surface area contributed by atoms with Crippen LogP contribution in [-0.4, -0.2) is 42.7 Å². The highest BCUT2D eigenvalue weighted by Crippen LogP contribution is 2.15. The molecule has 0 aliphatic rings. The van der Waals surface area contributed by atoms with Gasteiger partial charge < -0.3 is 19.5 Å². The predicted molar refractivity (Wildman–Crippen MR) is 123 cm³/mol. The Kier molecular flexibility index (Phi) is 9.64. The molecule has 9 heteroatoms. The number of carbonyl (C=O) groups excluding carboxylic acids is 1. The summed E-state index contributed by atoms with van der Waals surface area (Å²) in [4.78, 5) is 17.6. The lowest BCUT2D eigenvalue weighted by Gasteiger charge is -2.22. The van der Waals surface area contributed by atoms with E-state index < -0.39 is 6.09 Å². The van der Waals surface area contributed by atoms with Gasteiger partial charge in [-0.05, 0) is 39.7 Å². The Labute approximate surface area is 185 Å². The molecule has 1 heterocycles. The summed E-state index contributed by atoms with van der Waals surface area (Å²) in [5.41, 5.74) is 2.95. The van der Waals surface area contributed by atoms with Crippen LogP contribution in [0.5, 0.6) is 0 Å². The summed E-state index contributed by atoms with van der Waals surface area (Å²) in [5.74, 6) is 0.805. The van der Waals surface area contributed by atoms with E-state index in [2.05, 4.69) is 51.8 Å². The third kappa shape index (κ3) is 7.06. The van der Waals surface area contributed by atoms with Crippen molar-refractivity contribution in [3.05, 3.63) is 52.3 Å². The van der Waals surface area contributed by atoms with Crippen molar-refractivity contribution in [2.24, 2.45) is 12.0 Å². The van der Waals surface area contributed by atoms with E-state index in [1.54, 1.807) is 7.05 Å². The number of guanidine groups is 1. The van der Waals surface area contributed by atoms with Crippen LogP contribution in [0.25, 0.3) is 0 Å². The Hall–Kier alpha value is -1.75. The second kappa shape index (κ2) is 11.2. The molecule has 148 valence electrons. The van der Waals surface area contributed by atoms with Gasteiger partial charge in [-0.3, -0.25) is 10.3 Å². The number of hydrogen-bond donors (Lipinski definition) is 2. The van der Waals surface area contributed by atoms with Crippen molar-refractivity contribution in [3.8, 4) is 0 Å². The molecular weight excluding hydrogens is 525 g/mol. The Morgan fingerprint density at radius 2 is 2.00 bits per heavy atom. The monoisotopic (exact) mass is 549 g/mol. The molecule has 2 aromatic rings. The molecule has 0 radical (unpaired) electrons. The van der Waals surface area contributed by atoms with Gasteiger partial charge in [0.2, 0.25) is 0 Å². The number of ether oxygens (including phenoxy) is 1. The van der Waals surface area contributed by atoms with Crippen LogP contribution in [0.4, 0.5) is 10.5 Å². The second-order valence-electron chi connectivity index (χ2n) is 5.83. The van der Waals surface area contributed by atoms with E-state index in [9.17, 15) is 4.79 Å². The highest BCUT2D eigenvalue weighted by molar-refractivity contribution is 14.0. The number of hydrogen-bond acceptors (Lipinski definition) is 3. The second-order valence-corrected chi connectivity index (χ2v) is 6.75. The van der Waals surface area contributed by atoms with Crippen LogP contribution < -0.4 is 10.6 Å². The van der Waals surface area contributed by atoms with Crippen molar-refractivity contribution in [1.29, 1.82) is 0 Å². The summed E-state index contributed by atoms with van der Waals surface area (Å²) >= 11 is 3.49. The number of halogens is 2. The Morgan fingerprint density at radius 1 is 1.33 bits per heavy atom. The average molecular weight is 550 g/mol. The zero-order chi connectivity index (χ0) is 19.1. The van der Waals surface area contributed by atoms with Gasteiger partial charge in [0.15, 0.2) is 5.96 Å². The maximum absolute atomic E-state index is 11.2. The van der Waals surface area contributed by atoms with Crippen LogP contribution >= 0.6 is 39.9 Å². The van der Waals surface area contributed by atoms with Crippen LogP contribution in [0.15, 0.2) is 46.0 Å². The van der Waals surface area contributed by atoms with Crippen LogP contribution in [0.2, 0.25) is 0 Å². The van der Waals surface area contributed by atoms with Gasteiger partial charge in [-0.25, -0.2) is 4.79 Å². The van der Waals surface area contributed by atoms with Gasteiger partial charge in [-0.2, -0.15) is 0 Å². The fourth-order valence-electron chi connectivity index (χ4n) is 2.48. The fraction of sp³-hybridized carbons (Fsp3) is 0.333. The zero-order valence-electron chi connectivity index (χ0n) is 15.8. The number of nitrogens with one attached hydrogen (secondary N) is 2. The van der Waals surface area contributed by atoms with Crippen LogP contribution in [0.3, 0.4) is 0 Å². The Morgan fingerprint density at radius 3 is 2.52 bits per heavy atom. The number of nitrogens with zero attached hydrogens (tertiary/aromatic N) is 3. The first-order chi connectivity index (χ1) is 12.4.